The van der Waals surface area contributed by atoms with Crippen LogP contribution in [0.3, 0.4) is 0 Å². The first-order valence-electron chi connectivity index (χ1n) is 6.80. The van der Waals surface area contributed by atoms with Crippen LogP contribution in [-0.4, -0.2) is 36.5 Å². The zero-order chi connectivity index (χ0) is 17.0. The Morgan fingerprint density at radius 3 is 2.65 bits per heavy atom. The number of amides is 2. The Balaban J connectivity index is 2.22. The van der Waals surface area contributed by atoms with Crippen molar-refractivity contribution in [1.29, 1.82) is 0 Å². The molecule has 23 heavy (non-hydrogen) atoms. The Kier molecular flexibility index (Phi) is 3.55. The average Bonchev–Trinajstić information content (AvgIpc) is 2.65. The lowest BCUT2D eigenvalue weighted by Gasteiger charge is -2.41. The van der Waals surface area contributed by atoms with E-state index in [9.17, 15) is 22.8 Å². The molecule has 0 radical (unpaired) electrons. The molecule has 0 saturated heterocycles. The van der Waals surface area contributed by atoms with Gasteiger partial charge in [0.05, 0.1) is 0 Å². The van der Waals surface area contributed by atoms with Crippen molar-refractivity contribution in [2.75, 3.05) is 18.5 Å². The maximum Gasteiger partial charge on any atom is 0.406 e. The van der Waals surface area contributed by atoms with Crippen molar-refractivity contribution < 1.29 is 22.8 Å². The number of carbonyl (C=O) groups is 2. The quantitative estimate of drug-likeness (QED) is 0.741. The van der Waals surface area contributed by atoms with Crippen molar-refractivity contribution in [3.8, 4) is 0 Å². The highest BCUT2D eigenvalue weighted by molar-refractivity contribution is 9.10. The van der Waals surface area contributed by atoms with Crippen LogP contribution in [0.4, 0.5) is 18.9 Å². The van der Waals surface area contributed by atoms with E-state index in [0.717, 1.165) is 6.08 Å². The largest absolute Gasteiger partial charge is 0.406 e. The number of alkyl halides is 3. The maximum absolute atomic E-state index is 13.0. The van der Waals surface area contributed by atoms with Gasteiger partial charge in [-0.25, -0.2) is 0 Å². The van der Waals surface area contributed by atoms with Crippen LogP contribution in [-0.2, 0) is 15.1 Å². The van der Waals surface area contributed by atoms with E-state index in [1.807, 2.05) is 0 Å². The lowest BCUT2D eigenvalue weighted by Crippen LogP contribution is -2.58. The predicted octanol–water partition coefficient (Wildman–Crippen LogP) is 2.97. The van der Waals surface area contributed by atoms with E-state index in [4.69, 9.17) is 0 Å². The first-order valence-corrected chi connectivity index (χ1v) is 7.59. The van der Waals surface area contributed by atoms with Gasteiger partial charge in [0, 0.05) is 29.2 Å². The lowest BCUT2D eigenvalue weighted by molar-refractivity contribution is -0.174. The number of nitrogens with zero attached hydrogens (tertiary/aromatic N) is 2. The number of benzene rings is 1. The van der Waals surface area contributed by atoms with Crippen LogP contribution in [0.25, 0.3) is 0 Å². The fraction of sp³-hybridized carbons (Fsp3) is 0.333. The molecule has 3 rings (SSSR count). The second-order valence-electron chi connectivity index (χ2n) is 5.53. The van der Waals surface area contributed by atoms with Crippen LogP contribution in [0.1, 0.15) is 12.0 Å². The number of hydrogen-bond acceptors (Lipinski definition) is 2. The molecule has 0 aliphatic carbocycles. The molecule has 1 atom stereocenters. The SMILES string of the molecule is CN1C(=O)C2(CC=CC(=O)N2CC(F)(F)F)c2cc(Br)ccc21. The van der Waals surface area contributed by atoms with Gasteiger partial charge < -0.3 is 9.80 Å². The molecule has 122 valence electrons. The molecule has 0 saturated carbocycles. The molecule has 2 amide bonds. The Labute approximate surface area is 138 Å². The molecular formula is C15H12BrF3N2O2. The van der Waals surface area contributed by atoms with Gasteiger partial charge in [0.25, 0.3) is 5.91 Å². The monoisotopic (exact) mass is 388 g/mol. The Morgan fingerprint density at radius 2 is 2.00 bits per heavy atom. The number of anilines is 1. The number of carbonyl (C=O) groups excluding carboxylic acids is 2. The number of likely N-dealkylation sites (N-methyl/N-ethyl adjacent to an activating group) is 1. The highest BCUT2D eigenvalue weighted by Gasteiger charge is 2.57. The summed E-state index contributed by atoms with van der Waals surface area (Å²) in [5, 5.41) is 0. The second kappa shape index (κ2) is 5.09. The van der Waals surface area contributed by atoms with Crippen LogP contribution >= 0.6 is 15.9 Å². The van der Waals surface area contributed by atoms with E-state index in [0.29, 0.717) is 20.6 Å². The van der Waals surface area contributed by atoms with Crippen molar-refractivity contribution in [1.82, 2.24) is 4.90 Å². The molecule has 0 fully saturated rings. The maximum atomic E-state index is 13.0. The van der Waals surface area contributed by atoms with E-state index >= 15 is 0 Å². The molecule has 4 nitrogen and oxygen atoms in total. The van der Waals surface area contributed by atoms with Gasteiger partial charge in [-0.3, -0.25) is 9.59 Å². The minimum atomic E-state index is -4.60. The number of hydrogen-bond donors (Lipinski definition) is 0. The molecule has 1 spiro atoms. The van der Waals surface area contributed by atoms with Crippen LogP contribution in [0.15, 0.2) is 34.8 Å². The normalized spacial score (nSPS) is 23.9. The summed E-state index contributed by atoms with van der Waals surface area (Å²) in [4.78, 5) is 26.9. The summed E-state index contributed by atoms with van der Waals surface area (Å²) in [7, 11) is 1.50. The van der Waals surface area contributed by atoms with Gasteiger partial charge in [0.15, 0.2) is 5.54 Å². The predicted molar refractivity (Wildman–Crippen MR) is 80.8 cm³/mol. The molecule has 0 N–H and O–H groups in total. The molecule has 0 aromatic heterocycles. The van der Waals surface area contributed by atoms with Gasteiger partial charge in [-0.15, -0.1) is 0 Å². The molecule has 1 aromatic rings. The number of halogens is 4. The van der Waals surface area contributed by atoms with Gasteiger partial charge >= 0.3 is 6.18 Å². The smallest absolute Gasteiger partial charge is 0.313 e. The van der Waals surface area contributed by atoms with Gasteiger partial charge in [0.2, 0.25) is 5.91 Å². The van der Waals surface area contributed by atoms with Gasteiger partial charge in [0.1, 0.15) is 6.54 Å². The molecule has 2 aliphatic heterocycles. The zero-order valence-corrected chi connectivity index (χ0v) is 13.6. The molecular weight excluding hydrogens is 377 g/mol. The van der Waals surface area contributed by atoms with Crippen molar-refractivity contribution in [2.45, 2.75) is 18.1 Å². The van der Waals surface area contributed by atoms with Gasteiger partial charge in [-0.2, -0.15) is 13.2 Å². The van der Waals surface area contributed by atoms with Crippen LogP contribution in [0.5, 0.6) is 0 Å². The molecule has 8 heteroatoms. The second-order valence-corrected chi connectivity index (χ2v) is 6.45. The summed E-state index contributed by atoms with van der Waals surface area (Å²) in [6.45, 7) is -1.47. The van der Waals surface area contributed by atoms with Crippen molar-refractivity contribution in [3.63, 3.8) is 0 Å². The molecule has 0 bridgehead atoms. The molecule has 1 aromatic carbocycles. The summed E-state index contributed by atoms with van der Waals surface area (Å²) in [5.41, 5.74) is -0.732. The van der Waals surface area contributed by atoms with E-state index in [1.165, 1.54) is 18.0 Å². The average molecular weight is 389 g/mol. The Bertz CT molecular complexity index is 732. The highest BCUT2D eigenvalue weighted by atomic mass is 79.9. The highest BCUT2D eigenvalue weighted by Crippen LogP contribution is 2.48. The number of fused-ring (bicyclic) bond motifs is 2. The topological polar surface area (TPSA) is 40.6 Å². The summed E-state index contributed by atoms with van der Waals surface area (Å²) < 4.78 is 39.6. The molecule has 2 aliphatic rings. The van der Waals surface area contributed by atoms with Gasteiger partial charge in [-0.1, -0.05) is 22.0 Å². The first kappa shape index (κ1) is 16.0. The third-order valence-corrected chi connectivity index (χ3v) is 4.66. The van der Waals surface area contributed by atoms with E-state index < -0.39 is 30.1 Å². The first-order chi connectivity index (χ1) is 10.7. The standard InChI is InChI=1S/C15H12BrF3N2O2/c1-20-11-5-4-9(16)7-10(11)14(13(20)23)6-2-3-12(22)21(14)8-15(17,18)19/h2-5,7H,6,8H2,1H3. The summed E-state index contributed by atoms with van der Waals surface area (Å²) in [6, 6.07) is 4.96. The fourth-order valence-electron chi connectivity index (χ4n) is 3.20. The summed E-state index contributed by atoms with van der Waals surface area (Å²) in [5.74, 6) is -1.35. The molecule has 2 heterocycles. The third kappa shape index (κ3) is 2.36. The van der Waals surface area contributed by atoms with Crippen LogP contribution in [0.2, 0.25) is 0 Å². The Morgan fingerprint density at radius 1 is 1.30 bits per heavy atom. The van der Waals surface area contributed by atoms with Gasteiger partial charge in [-0.05, 0) is 24.3 Å². The summed E-state index contributed by atoms with van der Waals surface area (Å²) >= 11 is 3.28. The minimum Gasteiger partial charge on any atom is -0.313 e. The lowest BCUT2D eigenvalue weighted by atomic mass is 9.83. The van der Waals surface area contributed by atoms with Crippen LogP contribution in [0, 0.1) is 0 Å². The summed E-state index contributed by atoms with van der Waals surface area (Å²) in [6.07, 6.45) is -2.04. The zero-order valence-electron chi connectivity index (χ0n) is 12.0. The molecule has 1 unspecified atom stereocenters. The van der Waals surface area contributed by atoms with E-state index in [2.05, 4.69) is 15.9 Å². The van der Waals surface area contributed by atoms with Crippen molar-refractivity contribution >= 4 is 33.4 Å². The van der Waals surface area contributed by atoms with Crippen molar-refractivity contribution in [2.24, 2.45) is 0 Å². The van der Waals surface area contributed by atoms with E-state index in [1.54, 1.807) is 18.2 Å². The fourth-order valence-corrected chi connectivity index (χ4v) is 3.56. The van der Waals surface area contributed by atoms with Crippen LogP contribution < -0.4 is 4.90 Å². The third-order valence-electron chi connectivity index (χ3n) is 4.16. The van der Waals surface area contributed by atoms with E-state index in [-0.39, 0.29) is 6.42 Å². The Hall–Kier alpha value is -1.83. The number of rotatable bonds is 1. The van der Waals surface area contributed by atoms with Crippen molar-refractivity contribution in [3.05, 3.63) is 40.4 Å². The minimum absolute atomic E-state index is 0.0153.